The number of fused-ring (bicyclic) bond motifs is 3. The molecule has 0 saturated heterocycles. The van der Waals surface area contributed by atoms with Crippen LogP contribution in [0.3, 0.4) is 0 Å². The van der Waals surface area contributed by atoms with Crippen molar-refractivity contribution in [1.29, 1.82) is 0 Å². The summed E-state index contributed by atoms with van der Waals surface area (Å²) < 4.78 is 5.99. The van der Waals surface area contributed by atoms with Gasteiger partial charge in [-0.05, 0) is 44.1 Å². The smallest absolute Gasteiger partial charge is 0.156 e. The predicted molar refractivity (Wildman–Crippen MR) is 68.5 cm³/mol. The highest BCUT2D eigenvalue weighted by molar-refractivity contribution is 6.00. The van der Waals surface area contributed by atoms with E-state index in [9.17, 15) is 9.90 Å². The molecule has 1 unspecified atom stereocenters. The van der Waals surface area contributed by atoms with Crippen LogP contribution in [0.4, 0.5) is 0 Å². The normalized spacial score (nSPS) is 24.7. The Morgan fingerprint density at radius 3 is 2.94 bits per heavy atom. The number of ether oxygens (including phenoxy) is 1. The van der Waals surface area contributed by atoms with Crippen LogP contribution in [0, 0.1) is 5.92 Å². The minimum absolute atomic E-state index is 0.133. The predicted octanol–water partition coefficient (Wildman–Crippen LogP) is 2.93. The van der Waals surface area contributed by atoms with Gasteiger partial charge in [-0.1, -0.05) is 6.07 Å². The number of allylic oxidation sites excluding steroid dienone is 1. The van der Waals surface area contributed by atoms with Crippen molar-refractivity contribution in [2.75, 3.05) is 0 Å². The number of ketones is 1. The first kappa shape index (κ1) is 11.3. The second kappa shape index (κ2) is 3.61. The van der Waals surface area contributed by atoms with Crippen molar-refractivity contribution in [3.8, 4) is 11.5 Å². The molecule has 94 valence electrons. The van der Waals surface area contributed by atoms with Crippen molar-refractivity contribution in [3.05, 3.63) is 29.8 Å². The zero-order valence-electron chi connectivity index (χ0n) is 10.6. The van der Waals surface area contributed by atoms with E-state index in [0.29, 0.717) is 17.7 Å². The summed E-state index contributed by atoms with van der Waals surface area (Å²) >= 11 is 0. The van der Waals surface area contributed by atoms with Gasteiger partial charge in [0.2, 0.25) is 0 Å². The maximum absolute atomic E-state index is 11.7. The van der Waals surface area contributed by atoms with E-state index in [2.05, 4.69) is 0 Å². The molecular weight excluding hydrogens is 228 g/mol. The third-order valence-electron chi connectivity index (χ3n) is 3.88. The summed E-state index contributed by atoms with van der Waals surface area (Å²) in [6.07, 6.45) is 3.02. The van der Waals surface area contributed by atoms with Gasteiger partial charge in [0.1, 0.15) is 17.1 Å². The van der Waals surface area contributed by atoms with Crippen LogP contribution in [0.25, 0.3) is 5.57 Å². The van der Waals surface area contributed by atoms with Crippen molar-refractivity contribution in [3.63, 3.8) is 0 Å². The third-order valence-corrected chi connectivity index (χ3v) is 3.88. The van der Waals surface area contributed by atoms with Gasteiger partial charge in [0, 0.05) is 12.3 Å². The summed E-state index contributed by atoms with van der Waals surface area (Å²) in [5, 5.41) is 10.0. The van der Waals surface area contributed by atoms with Gasteiger partial charge in [-0.2, -0.15) is 0 Å². The Morgan fingerprint density at radius 2 is 2.17 bits per heavy atom. The highest BCUT2D eigenvalue weighted by Gasteiger charge is 2.43. The largest absolute Gasteiger partial charge is 0.507 e. The fraction of sp³-hybridized carbons (Fsp3) is 0.400. The SMILES string of the molecule is CC1(C)Oc2cccc(O)c2C2=CC(=O)CCC21. The Labute approximate surface area is 106 Å². The molecule has 0 saturated carbocycles. The number of rotatable bonds is 0. The van der Waals surface area contributed by atoms with Crippen LogP contribution >= 0.6 is 0 Å². The summed E-state index contributed by atoms with van der Waals surface area (Å²) in [5.74, 6) is 1.15. The topological polar surface area (TPSA) is 46.5 Å². The van der Waals surface area contributed by atoms with Crippen LogP contribution in [0.15, 0.2) is 24.3 Å². The average Bonchev–Trinajstić information content (AvgIpc) is 2.27. The van der Waals surface area contributed by atoms with Crippen LogP contribution in [-0.4, -0.2) is 16.5 Å². The van der Waals surface area contributed by atoms with E-state index in [4.69, 9.17) is 4.74 Å². The standard InChI is InChI=1S/C15H16O3/c1-15(2)11-7-6-9(16)8-10(11)14-12(17)4-3-5-13(14)18-15/h3-5,8,11,17H,6-7H2,1-2H3. The summed E-state index contributed by atoms with van der Waals surface area (Å²) in [5.41, 5.74) is 1.28. The summed E-state index contributed by atoms with van der Waals surface area (Å²) in [6.45, 7) is 4.07. The molecule has 0 aromatic heterocycles. The number of hydrogen-bond donors (Lipinski definition) is 1. The molecule has 1 aliphatic heterocycles. The molecule has 1 aromatic carbocycles. The van der Waals surface area contributed by atoms with Crippen LogP contribution in [0.2, 0.25) is 0 Å². The molecule has 18 heavy (non-hydrogen) atoms. The molecule has 3 heteroatoms. The molecule has 2 aliphatic rings. The third kappa shape index (κ3) is 1.54. The summed E-state index contributed by atoms with van der Waals surface area (Å²) in [4.78, 5) is 11.7. The van der Waals surface area contributed by atoms with E-state index in [1.54, 1.807) is 18.2 Å². The van der Waals surface area contributed by atoms with Gasteiger partial charge in [0.15, 0.2) is 5.78 Å². The highest BCUT2D eigenvalue weighted by Crippen LogP contribution is 2.50. The molecule has 0 amide bonds. The van der Waals surface area contributed by atoms with E-state index in [-0.39, 0.29) is 23.1 Å². The lowest BCUT2D eigenvalue weighted by atomic mass is 9.72. The first-order valence-electron chi connectivity index (χ1n) is 6.25. The zero-order chi connectivity index (χ0) is 12.9. The number of phenolic OH excluding ortho intramolecular Hbond substituents is 1. The molecule has 0 spiro atoms. The van der Waals surface area contributed by atoms with E-state index >= 15 is 0 Å². The Bertz CT molecular complexity index is 555. The molecule has 0 radical (unpaired) electrons. The quantitative estimate of drug-likeness (QED) is 0.763. The highest BCUT2D eigenvalue weighted by atomic mass is 16.5. The summed E-state index contributed by atoms with van der Waals surface area (Å²) in [6, 6.07) is 5.24. The van der Waals surface area contributed by atoms with E-state index in [0.717, 1.165) is 12.0 Å². The fourth-order valence-electron chi connectivity index (χ4n) is 3.01. The lowest BCUT2D eigenvalue weighted by Crippen LogP contribution is -2.43. The van der Waals surface area contributed by atoms with Gasteiger partial charge in [-0.25, -0.2) is 0 Å². The lowest BCUT2D eigenvalue weighted by Gasteiger charge is -2.43. The molecule has 0 bridgehead atoms. The Balaban J connectivity index is 2.25. The molecule has 1 atom stereocenters. The van der Waals surface area contributed by atoms with Gasteiger partial charge in [-0.3, -0.25) is 4.79 Å². The van der Waals surface area contributed by atoms with Crippen molar-refractivity contribution < 1.29 is 14.6 Å². The monoisotopic (exact) mass is 244 g/mol. The lowest BCUT2D eigenvalue weighted by molar-refractivity contribution is -0.115. The molecule has 1 N–H and O–H groups in total. The first-order valence-corrected chi connectivity index (χ1v) is 6.25. The Kier molecular flexibility index (Phi) is 2.27. The van der Waals surface area contributed by atoms with Crippen molar-refractivity contribution in [2.24, 2.45) is 5.92 Å². The van der Waals surface area contributed by atoms with Crippen LogP contribution < -0.4 is 4.74 Å². The van der Waals surface area contributed by atoms with Gasteiger partial charge in [0.05, 0.1) is 5.56 Å². The molecule has 1 aliphatic carbocycles. The summed E-state index contributed by atoms with van der Waals surface area (Å²) in [7, 11) is 0. The second-order valence-electron chi connectivity index (χ2n) is 5.51. The molecule has 0 fully saturated rings. The molecule has 1 heterocycles. The molecule has 3 rings (SSSR count). The van der Waals surface area contributed by atoms with E-state index in [1.165, 1.54) is 0 Å². The Hall–Kier alpha value is -1.77. The first-order chi connectivity index (χ1) is 8.49. The number of benzene rings is 1. The van der Waals surface area contributed by atoms with Crippen LogP contribution in [-0.2, 0) is 4.79 Å². The van der Waals surface area contributed by atoms with Crippen molar-refractivity contribution in [2.45, 2.75) is 32.3 Å². The Morgan fingerprint density at radius 1 is 1.39 bits per heavy atom. The number of carbonyl (C=O) groups excluding carboxylic acids is 1. The fourth-order valence-corrected chi connectivity index (χ4v) is 3.01. The molecule has 3 nitrogen and oxygen atoms in total. The van der Waals surface area contributed by atoms with Crippen LogP contribution in [0.5, 0.6) is 11.5 Å². The van der Waals surface area contributed by atoms with Gasteiger partial charge >= 0.3 is 0 Å². The number of aromatic hydroxyl groups is 1. The van der Waals surface area contributed by atoms with E-state index in [1.807, 2.05) is 19.9 Å². The number of hydrogen-bond acceptors (Lipinski definition) is 3. The van der Waals surface area contributed by atoms with Crippen LogP contribution in [0.1, 0.15) is 32.3 Å². The van der Waals surface area contributed by atoms with Gasteiger partial charge in [0.25, 0.3) is 0 Å². The van der Waals surface area contributed by atoms with Crippen molar-refractivity contribution in [1.82, 2.24) is 0 Å². The minimum atomic E-state index is -0.340. The van der Waals surface area contributed by atoms with Gasteiger partial charge < -0.3 is 9.84 Å². The maximum Gasteiger partial charge on any atom is 0.156 e. The molecule has 1 aromatic rings. The molecular formula is C15H16O3. The second-order valence-corrected chi connectivity index (χ2v) is 5.51. The van der Waals surface area contributed by atoms with E-state index < -0.39 is 0 Å². The number of carbonyl (C=O) groups is 1. The maximum atomic E-state index is 11.7. The van der Waals surface area contributed by atoms with Gasteiger partial charge in [-0.15, -0.1) is 0 Å². The zero-order valence-corrected chi connectivity index (χ0v) is 10.6. The average molecular weight is 244 g/mol. The van der Waals surface area contributed by atoms with Crippen molar-refractivity contribution >= 4 is 11.4 Å². The number of phenols is 1. The minimum Gasteiger partial charge on any atom is -0.507 e.